The van der Waals surface area contributed by atoms with Gasteiger partial charge in [0.05, 0.1) is 11.0 Å². The van der Waals surface area contributed by atoms with Gasteiger partial charge in [-0.3, -0.25) is 9.38 Å². The third-order valence-electron chi connectivity index (χ3n) is 9.41. The molecule has 4 aromatic rings. The molecule has 0 fully saturated rings. The van der Waals surface area contributed by atoms with E-state index in [4.69, 9.17) is 9.97 Å². The second-order valence-electron chi connectivity index (χ2n) is 12.6. The Balaban J connectivity index is 1.98. The number of hydrogen-bond donors (Lipinski definition) is 0. The quantitative estimate of drug-likeness (QED) is 0.406. The van der Waals surface area contributed by atoms with Gasteiger partial charge in [-0.25, -0.2) is 4.98 Å². The molecular formula is C27H35B2N3. The molecule has 5 rings (SSSR count). The molecule has 0 atom stereocenters. The van der Waals surface area contributed by atoms with Gasteiger partial charge in [0.15, 0.2) is 0 Å². The van der Waals surface area contributed by atoms with E-state index in [2.05, 4.69) is 101 Å². The minimum Gasteiger partial charge on any atom is -0.299 e. The van der Waals surface area contributed by atoms with Crippen molar-refractivity contribution in [2.24, 2.45) is 5.41 Å². The van der Waals surface area contributed by atoms with Gasteiger partial charge in [0.1, 0.15) is 21.3 Å². The maximum atomic E-state index is 5.26. The monoisotopic (exact) mass is 423 g/mol. The third kappa shape index (κ3) is 2.35. The summed E-state index contributed by atoms with van der Waals surface area (Å²) in [5.41, 5.74) is 10.4. The molecule has 1 aliphatic rings. The van der Waals surface area contributed by atoms with Crippen molar-refractivity contribution in [1.29, 1.82) is 0 Å². The SMILES string of the molecule is Bc1c2c(c3c(nc4c5cnc(C(C)(C)C)cc5ccn43)c1B)C(C)(C)C(C)(C)C2(C)C. The zero-order valence-corrected chi connectivity index (χ0v) is 21.7. The van der Waals surface area contributed by atoms with Gasteiger partial charge < -0.3 is 0 Å². The van der Waals surface area contributed by atoms with E-state index in [-0.39, 0.29) is 21.7 Å². The lowest BCUT2D eigenvalue weighted by molar-refractivity contribution is 0.126. The summed E-state index contributed by atoms with van der Waals surface area (Å²) < 4.78 is 2.33. The van der Waals surface area contributed by atoms with Crippen LogP contribution in [-0.2, 0) is 16.2 Å². The van der Waals surface area contributed by atoms with Crippen molar-refractivity contribution in [3.63, 3.8) is 0 Å². The Morgan fingerprint density at radius 3 is 2.16 bits per heavy atom. The Hall–Kier alpha value is -2.29. The number of benzene rings is 1. The topological polar surface area (TPSA) is 30.2 Å². The van der Waals surface area contributed by atoms with Crippen molar-refractivity contribution in [3.05, 3.63) is 41.3 Å². The number of pyridine rings is 2. The van der Waals surface area contributed by atoms with Crippen molar-refractivity contribution >= 4 is 54.1 Å². The van der Waals surface area contributed by atoms with E-state index in [1.165, 1.54) is 33.0 Å². The zero-order valence-electron chi connectivity index (χ0n) is 21.7. The van der Waals surface area contributed by atoms with Crippen LogP contribution in [0.3, 0.4) is 0 Å². The fourth-order valence-electron chi connectivity index (χ4n) is 6.10. The highest BCUT2D eigenvalue weighted by atomic mass is 15.0. The Bertz CT molecular complexity index is 1450. The molecule has 0 unspecified atom stereocenters. The molecule has 3 nitrogen and oxygen atoms in total. The maximum Gasteiger partial charge on any atom is 0.147 e. The summed E-state index contributed by atoms with van der Waals surface area (Å²) >= 11 is 0. The van der Waals surface area contributed by atoms with Crippen LogP contribution in [-0.4, -0.2) is 30.1 Å². The van der Waals surface area contributed by atoms with Crippen LogP contribution in [0, 0.1) is 5.41 Å². The first-order valence-corrected chi connectivity index (χ1v) is 11.9. The summed E-state index contributed by atoms with van der Waals surface area (Å²) in [5.74, 6) is 0. The van der Waals surface area contributed by atoms with E-state index in [1.54, 1.807) is 0 Å². The van der Waals surface area contributed by atoms with Crippen LogP contribution < -0.4 is 10.9 Å². The Labute approximate surface area is 193 Å². The van der Waals surface area contributed by atoms with Gasteiger partial charge in [0.2, 0.25) is 0 Å². The lowest BCUT2D eigenvalue weighted by atomic mass is 9.58. The summed E-state index contributed by atoms with van der Waals surface area (Å²) in [7, 11) is 4.54. The van der Waals surface area contributed by atoms with E-state index in [9.17, 15) is 0 Å². The second-order valence-corrected chi connectivity index (χ2v) is 12.6. The molecule has 0 amide bonds. The number of hydrogen-bond acceptors (Lipinski definition) is 2. The molecule has 3 heterocycles. The average Bonchev–Trinajstić information content (AvgIpc) is 3.12. The largest absolute Gasteiger partial charge is 0.299 e. The first-order valence-electron chi connectivity index (χ1n) is 11.9. The number of nitrogens with zero attached hydrogens (tertiary/aromatic N) is 3. The standard InChI is InChI=1S/C27H35B2N3/c1-24(2,3)16-12-14-10-11-32-22-18-17(25(4,5)27(8,9)26(18,6)7)19(28)20(29)21(22)31-23(32)15(14)13-30-16/h10-13H,28-29H2,1-9H3. The van der Waals surface area contributed by atoms with E-state index in [1.807, 2.05) is 6.20 Å². The van der Waals surface area contributed by atoms with Crippen LogP contribution in [0.4, 0.5) is 0 Å². The van der Waals surface area contributed by atoms with Crippen LogP contribution in [0.1, 0.15) is 79.1 Å². The number of imidazole rings is 1. The minimum absolute atomic E-state index is 0.0157. The van der Waals surface area contributed by atoms with Crippen molar-refractivity contribution < 1.29 is 0 Å². The number of aromatic nitrogens is 3. The first kappa shape index (κ1) is 21.6. The highest BCUT2D eigenvalue weighted by Crippen LogP contribution is 2.62. The fraction of sp³-hybridized carbons (Fsp3) is 0.481. The summed E-state index contributed by atoms with van der Waals surface area (Å²) in [5, 5.41) is 2.33. The highest BCUT2D eigenvalue weighted by molar-refractivity contribution is 6.53. The molecule has 1 aliphatic carbocycles. The molecule has 0 aliphatic heterocycles. The van der Waals surface area contributed by atoms with Crippen LogP contribution in [0.2, 0.25) is 0 Å². The molecule has 3 aromatic heterocycles. The van der Waals surface area contributed by atoms with Crippen LogP contribution >= 0.6 is 0 Å². The fourth-order valence-corrected chi connectivity index (χ4v) is 6.10. The van der Waals surface area contributed by atoms with E-state index < -0.39 is 0 Å². The number of fused-ring (bicyclic) bond motifs is 7. The summed E-state index contributed by atoms with van der Waals surface area (Å²) in [6.07, 6.45) is 4.25. The molecule has 164 valence electrons. The smallest absolute Gasteiger partial charge is 0.147 e. The predicted octanol–water partition coefficient (Wildman–Crippen LogP) is 3.45. The zero-order chi connectivity index (χ0) is 23.6. The number of rotatable bonds is 0. The lowest BCUT2D eigenvalue weighted by Gasteiger charge is -2.44. The van der Waals surface area contributed by atoms with E-state index in [0.717, 1.165) is 22.2 Å². The molecular weight excluding hydrogens is 388 g/mol. The Morgan fingerprint density at radius 2 is 1.53 bits per heavy atom. The highest BCUT2D eigenvalue weighted by Gasteiger charge is 2.58. The van der Waals surface area contributed by atoms with Crippen molar-refractivity contribution in [2.45, 2.75) is 78.6 Å². The van der Waals surface area contributed by atoms with Gasteiger partial charge >= 0.3 is 0 Å². The molecule has 0 N–H and O–H groups in total. The first-order chi connectivity index (χ1) is 14.6. The van der Waals surface area contributed by atoms with Crippen molar-refractivity contribution in [2.75, 3.05) is 0 Å². The summed E-state index contributed by atoms with van der Waals surface area (Å²) in [6.45, 7) is 21.2. The van der Waals surface area contributed by atoms with Crippen LogP contribution in [0.15, 0.2) is 24.5 Å². The van der Waals surface area contributed by atoms with Gasteiger partial charge in [0.25, 0.3) is 0 Å². The van der Waals surface area contributed by atoms with Gasteiger partial charge in [-0.05, 0) is 44.9 Å². The predicted molar refractivity (Wildman–Crippen MR) is 143 cm³/mol. The maximum absolute atomic E-state index is 5.26. The van der Waals surface area contributed by atoms with Crippen molar-refractivity contribution in [3.8, 4) is 0 Å². The Kier molecular flexibility index (Phi) is 4.03. The van der Waals surface area contributed by atoms with E-state index in [0.29, 0.717) is 0 Å². The van der Waals surface area contributed by atoms with Crippen molar-refractivity contribution in [1.82, 2.24) is 14.4 Å². The third-order valence-corrected chi connectivity index (χ3v) is 9.41. The molecule has 32 heavy (non-hydrogen) atoms. The normalized spacial score (nSPS) is 19.2. The minimum atomic E-state index is 0.0157. The summed E-state index contributed by atoms with van der Waals surface area (Å²) in [6, 6.07) is 4.47. The van der Waals surface area contributed by atoms with Gasteiger partial charge in [0, 0.05) is 28.9 Å². The van der Waals surface area contributed by atoms with Gasteiger partial charge in [-0.15, -0.1) is 0 Å². The summed E-state index contributed by atoms with van der Waals surface area (Å²) in [4.78, 5) is 10.1. The molecule has 1 aromatic carbocycles. The average molecular weight is 423 g/mol. The second kappa shape index (κ2) is 5.98. The van der Waals surface area contributed by atoms with Gasteiger partial charge in [-0.1, -0.05) is 73.2 Å². The van der Waals surface area contributed by atoms with E-state index >= 15 is 0 Å². The Morgan fingerprint density at radius 1 is 0.906 bits per heavy atom. The molecule has 0 saturated carbocycles. The molecule has 0 saturated heterocycles. The molecule has 0 radical (unpaired) electrons. The van der Waals surface area contributed by atoms with Gasteiger partial charge in [-0.2, -0.15) is 0 Å². The lowest BCUT2D eigenvalue weighted by Crippen LogP contribution is -2.44. The molecule has 0 spiro atoms. The molecule has 5 heteroatoms. The molecule has 0 bridgehead atoms. The van der Waals surface area contributed by atoms with Crippen LogP contribution in [0.5, 0.6) is 0 Å². The van der Waals surface area contributed by atoms with Crippen LogP contribution in [0.25, 0.3) is 27.5 Å².